The molecule has 0 aliphatic carbocycles. The van der Waals surface area contributed by atoms with Crippen LogP contribution in [0.15, 0.2) is 12.1 Å². The average Bonchev–Trinajstić information content (AvgIpc) is 2.31. The van der Waals surface area contributed by atoms with Crippen molar-refractivity contribution in [2.45, 2.75) is 19.4 Å². The number of nitrogen functional groups attached to an aromatic ring is 1. The van der Waals surface area contributed by atoms with Gasteiger partial charge in [0, 0.05) is 13.2 Å². The average molecular weight is 225 g/mol. The van der Waals surface area contributed by atoms with Gasteiger partial charge in [-0.15, -0.1) is 0 Å². The van der Waals surface area contributed by atoms with Gasteiger partial charge in [0.25, 0.3) is 0 Å². The van der Waals surface area contributed by atoms with E-state index in [1.165, 1.54) is 0 Å². The van der Waals surface area contributed by atoms with Crippen molar-refractivity contribution in [1.29, 1.82) is 0 Å². The van der Waals surface area contributed by atoms with Gasteiger partial charge in [0.05, 0.1) is 25.4 Å². The fourth-order valence-electron chi connectivity index (χ4n) is 1.34. The van der Waals surface area contributed by atoms with E-state index >= 15 is 0 Å². The second-order valence-corrected chi connectivity index (χ2v) is 3.50. The second kappa shape index (κ2) is 6.17. The van der Waals surface area contributed by atoms with Gasteiger partial charge in [-0.3, -0.25) is 0 Å². The van der Waals surface area contributed by atoms with E-state index in [9.17, 15) is 0 Å². The lowest BCUT2D eigenvalue weighted by Gasteiger charge is -2.18. The highest BCUT2D eigenvalue weighted by Crippen LogP contribution is 2.20. The molecule has 0 amide bonds. The van der Waals surface area contributed by atoms with Crippen molar-refractivity contribution in [3.05, 3.63) is 12.1 Å². The zero-order valence-corrected chi connectivity index (χ0v) is 9.99. The molecule has 1 atom stereocenters. The third-order valence-electron chi connectivity index (χ3n) is 2.31. The van der Waals surface area contributed by atoms with E-state index in [2.05, 4.69) is 17.2 Å². The van der Waals surface area contributed by atoms with Crippen LogP contribution in [-0.4, -0.2) is 31.9 Å². The Kier molecular flexibility index (Phi) is 4.85. The molecule has 0 radical (unpaired) electrons. The molecule has 0 fully saturated rings. The number of ether oxygens (including phenoxy) is 2. The lowest BCUT2D eigenvalue weighted by Crippen LogP contribution is -2.25. The lowest BCUT2D eigenvalue weighted by atomic mass is 10.2. The Morgan fingerprint density at radius 2 is 2.19 bits per heavy atom. The number of hydrogen-bond acceptors (Lipinski definition) is 5. The van der Waals surface area contributed by atoms with Crippen LogP contribution in [0.5, 0.6) is 5.88 Å². The molecule has 0 saturated carbocycles. The van der Waals surface area contributed by atoms with E-state index in [1.807, 2.05) is 0 Å². The molecule has 0 spiro atoms. The smallest absolute Gasteiger partial charge is 0.215 e. The normalized spacial score (nSPS) is 12.2. The van der Waals surface area contributed by atoms with E-state index in [0.29, 0.717) is 24.0 Å². The molecule has 3 N–H and O–H groups in total. The Morgan fingerprint density at radius 1 is 1.44 bits per heavy atom. The van der Waals surface area contributed by atoms with Crippen LogP contribution < -0.4 is 15.8 Å². The van der Waals surface area contributed by atoms with Crippen molar-refractivity contribution in [1.82, 2.24) is 4.98 Å². The van der Waals surface area contributed by atoms with Crippen LogP contribution in [0.4, 0.5) is 11.5 Å². The monoisotopic (exact) mass is 225 g/mol. The number of nitrogens with one attached hydrogen (secondary N) is 1. The summed E-state index contributed by atoms with van der Waals surface area (Å²) in [7, 11) is 3.25. The maximum atomic E-state index is 5.82. The molecular formula is C11H19N3O2. The maximum absolute atomic E-state index is 5.82. The summed E-state index contributed by atoms with van der Waals surface area (Å²) in [5.74, 6) is 1.19. The van der Waals surface area contributed by atoms with Gasteiger partial charge >= 0.3 is 0 Å². The first kappa shape index (κ1) is 12.6. The van der Waals surface area contributed by atoms with Gasteiger partial charge in [0.2, 0.25) is 5.88 Å². The molecule has 16 heavy (non-hydrogen) atoms. The minimum absolute atomic E-state index is 0.201. The summed E-state index contributed by atoms with van der Waals surface area (Å²) in [4.78, 5) is 4.25. The minimum atomic E-state index is 0.201. The van der Waals surface area contributed by atoms with E-state index in [0.717, 1.165) is 6.42 Å². The number of nitrogens with zero attached hydrogens (tertiary/aromatic N) is 1. The molecule has 0 aliphatic heterocycles. The van der Waals surface area contributed by atoms with Gasteiger partial charge in [-0.05, 0) is 12.5 Å². The topological polar surface area (TPSA) is 69.4 Å². The summed E-state index contributed by atoms with van der Waals surface area (Å²) in [5, 5.41) is 3.23. The third kappa shape index (κ3) is 3.27. The first-order valence-corrected chi connectivity index (χ1v) is 5.27. The summed E-state index contributed by atoms with van der Waals surface area (Å²) >= 11 is 0. The number of anilines is 2. The molecule has 1 aromatic heterocycles. The predicted octanol–water partition coefficient (Wildman–Crippen LogP) is 1.51. The highest BCUT2D eigenvalue weighted by atomic mass is 16.5. The number of hydrogen-bond donors (Lipinski definition) is 2. The number of aromatic nitrogens is 1. The van der Waals surface area contributed by atoms with Crippen molar-refractivity contribution in [3.8, 4) is 5.88 Å². The maximum Gasteiger partial charge on any atom is 0.215 e. The largest absolute Gasteiger partial charge is 0.481 e. The standard InChI is InChI=1S/C11H19N3O2/c1-4-8(7-15-2)13-11-9(12)5-6-10(14-11)16-3/h5-6,8H,4,7,12H2,1-3H3,(H,13,14). The summed E-state index contributed by atoms with van der Waals surface area (Å²) in [6, 6.07) is 3.71. The molecule has 90 valence electrons. The SMILES string of the molecule is CCC(COC)Nc1nc(OC)ccc1N. The zero-order valence-electron chi connectivity index (χ0n) is 9.99. The van der Waals surface area contributed by atoms with E-state index in [-0.39, 0.29) is 6.04 Å². The third-order valence-corrected chi connectivity index (χ3v) is 2.31. The molecule has 1 heterocycles. The predicted molar refractivity (Wildman–Crippen MR) is 64.8 cm³/mol. The zero-order chi connectivity index (χ0) is 12.0. The first-order chi connectivity index (χ1) is 7.71. The van der Waals surface area contributed by atoms with Crippen molar-refractivity contribution in [2.24, 2.45) is 0 Å². The quantitative estimate of drug-likeness (QED) is 0.768. The van der Waals surface area contributed by atoms with Crippen molar-refractivity contribution in [3.63, 3.8) is 0 Å². The number of methoxy groups -OCH3 is 2. The van der Waals surface area contributed by atoms with Crippen molar-refractivity contribution in [2.75, 3.05) is 31.9 Å². The highest BCUT2D eigenvalue weighted by Gasteiger charge is 2.09. The molecule has 1 unspecified atom stereocenters. The van der Waals surface area contributed by atoms with Crippen LogP contribution in [0, 0.1) is 0 Å². The molecule has 1 aromatic rings. The van der Waals surface area contributed by atoms with Crippen LogP contribution >= 0.6 is 0 Å². The molecule has 5 nitrogen and oxygen atoms in total. The molecule has 0 bridgehead atoms. The summed E-state index contributed by atoms with van der Waals surface area (Å²) in [5.41, 5.74) is 6.43. The fourth-order valence-corrected chi connectivity index (χ4v) is 1.34. The van der Waals surface area contributed by atoms with E-state index < -0.39 is 0 Å². The van der Waals surface area contributed by atoms with Gasteiger partial charge in [-0.1, -0.05) is 6.92 Å². The van der Waals surface area contributed by atoms with Gasteiger partial charge in [0.15, 0.2) is 5.82 Å². The van der Waals surface area contributed by atoms with Gasteiger partial charge in [-0.25, -0.2) is 0 Å². The highest BCUT2D eigenvalue weighted by molar-refractivity contribution is 5.62. The molecule has 0 aromatic carbocycles. The Labute approximate surface area is 96.0 Å². The Bertz CT molecular complexity index is 331. The van der Waals surface area contributed by atoms with Crippen molar-refractivity contribution < 1.29 is 9.47 Å². The molecular weight excluding hydrogens is 206 g/mol. The van der Waals surface area contributed by atoms with Crippen molar-refractivity contribution >= 4 is 11.5 Å². The fraction of sp³-hybridized carbons (Fsp3) is 0.545. The summed E-state index contributed by atoms with van der Waals surface area (Å²) in [6.45, 7) is 2.70. The second-order valence-electron chi connectivity index (χ2n) is 3.50. The van der Waals surface area contributed by atoms with Crippen LogP contribution in [0.2, 0.25) is 0 Å². The first-order valence-electron chi connectivity index (χ1n) is 5.27. The number of rotatable bonds is 6. The summed E-state index contributed by atoms with van der Waals surface area (Å²) in [6.07, 6.45) is 0.937. The Balaban J connectivity index is 2.77. The van der Waals surface area contributed by atoms with Crippen LogP contribution in [0.3, 0.4) is 0 Å². The number of pyridine rings is 1. The van der Waals surface area contributed by atoms with E-state index in [4.69, 9.17) is 15.2 Å². The minimum Gasteiger partial charge on any atom is -0.481 e. The van der Waals surface area contributed by atoms with E-state index in [1.54, 1.807) is 26.4 Å². The van der Waals surface area contributed by atoms with Gasteiger partial charge in [0.1, 0.15) is 0 Å². The van der Waals surface area contributed by atoms with Crippen LogP contribution in [0.25, 0.3) is 0 Å². The summed E-state index contributed by atoms with van der Waals surface area (Å²) < 4.78 is 10.1. The van der Waals surface area contributed by atoms with Gasteiger partial charge < -0.3 is 20.5 Å². The van der Waals surface area contributed by atoms with Crippen LogP contribution in [-0.2, 0) is 4.74 Å². The Morgan fingerprint density at radius 3 is 2.75 bits per heavy atom. The molecule has 0 aliphatic rings. The Hall–Kier alpha value is -1.49. The lowest BCUT2D eigenvalue weighted by molar-refractivity contribution is 0.184. The molecule has 1 rings (SSSR count). The number of nitrogens with two attached hydrogens (primary N) is 1. The van der Waals surface area contributed by atoms with Gasteiger partial charge in [-0.2, -0.15) is 4.98 Å². The molecule has 0 saturated heterocycles. The molecule has 5 heteroatoms. The van der Waals surface area contributed by atoms with Crippen LogP contribution in [0.1, 0.15) is 13.3 Å².